The fourth-order valence-electron chi connectivity index (χ4n) is 1.42. The Morgan fingerprint density at radius 2 is 2.00 bits per heavy atom. The number of aliphatic hydroxyl groups is 1. The Morgan fingerprint density at radius 3 is 2.67 bits per heavy atom. The van der Waals surface area contributed by atoms with Gasteiger partial charge in [0.1, 0.15) is 0 Å². The molecule has 0 aliphatic heterocycles. The summed E-state index contributed by atoms with van der Waals surface area (Å²) >= 11 is 0. The number of rotatable bonds is 6. The van der Waals surface area contributed by atoms with Gasteiger partial charge in [-0.1, -0.05) is 30.3 Å². The lowest BCUT2D eigenvalue weighted by Crippen LogP contribution is -1.97. The van der Waals surface area contributed by atoms with E-state index in [0.717, 1.165) is 18.4 Å². The highest BCUT2D eigenvalue weighted by atomic mass is 16.3. The highest BCUT2D eigenvalue weighted by Gasteiger charge is 2.05. The molecule has 0 aliphatic rings. The van der Waals surface area contributed by atoms with Crippen LogP contribution in [0, 0.1) is 0 Å². The second-order valence-electron chi connectivity index (χ2n) is 3.40. The average Bonchev–Trinajstić information content (AvgIpc) is 2.30. The van der Waals surface area contributed by atoms with Gasteiger partial charge in [-0.3, -0.25) is 0 Å². The third-order valence-electron chi connectivity index (χ3n) is 2.25. The minimum Gasteiger partial charge on any atom is -0.388 e. The zero-order valence-electron chi connectivity index (χ0n) is 8.60. The molecule has 0 aromatic heterocycles. The lowest BCUT2D eigenvalue weighted by Gasteiger charge is -2.09. The van der Waals surface area contributed by atoms with Gasteiger partial charge in [-0.2, -0.15) is 0 Å². The normalized spacial score (nSPS) is 11.8. The summed E-state index contributed by atoms with van der Waals surface area (Å²) in [4.78, 5) is 13.2. The largest absolute Gasteiger partial charge is 0.388 e. The first-order valence-electron chi connectivity index (χ1n) is 5.11. The van der Waals surface area contributed by atoms with Gasteiger partial charge in [-0.25, -0.2) is 9.79 Å². The molecule has 1 aromatic rings. The zero-order valence-corrected chi connectivity index (χ0v) is 8.60. The van der Waals surface area contributed by atoms with Gasteiger partial charge in [-0.15, -0.1) is 0 Å². The fraction of sp³-hybridized carbons (Fsp3) is 0.417. The summed E-state index contributed by atoms with van der Waals surface area (Å²) in [6, 6.07) is 9.57. The standard InChI is InChI=1S/C12H15NO2/c14-10-13-9-5-4-8-12(15)11-6-2-1-3-7-11/h1-3,6-7,12,15H,4-5,8-9H2. The molecule has 1 rings (SSSR count). The molecule has 0 fully saturated rings. The van der Waals surface area contributed by atoms with Crippen molar-refractivity contribution in [3.8, 4) is 0 Å². The van der Waals surface area contributed by atoms with E-state index in [1.54, 1.807) is 0 Å². The predicted octanol–water partition coefficient (Wildman–Crippen LogP) is 2.23. The van der Waals surface area contributed by atoms with Gasteiger partial charge in [-0.05, 0) is 24.8 Å². The van der Waals surface area contributed by atoms with E-state index < -0.39 is 6.10 Å². The van der Waals surface area contributed by atoms with Crippen LogP contribution in [0.1, 0.15) is 30.9 Å². The molecule has 1 atom stereocenters. The lowest BCUT2D eigenvalue weighted by molar-refractivity contribution is 0.164. The Balaban J connectivity index is 2.24. The fourth-order valence-corrected chi connectivity index (χ4v) is 1.42. The Kier molecular flexibility index (Phi) is 5.38. The molecular formula is C12H15NO2. The van der Waals surface area contributed by atoms with Crippen molar-refractivity contribution in [2.24, 2.45) is 4.99 Å². The van der Waals surface area contributed by atoms with Gasteiger partial charge >= 0.3 is 0 Å². The summed E-state index contributed by atoms with van der Waals surface area (Å²) in [5.41, 5.74) is 0.941. The highest BCUT2D eigenvalue weighted by Crippen LogP contribution is 2.18. The van der Waals surface area contributed by atoms with E-state index in [-0.39, 0.29) is 0 Å². The SMILES string of the molecule is O=C=NCCCCC(O)c1ccccc1. The van der Waals surface area contributed by atoms with Crippen molar-refractivity contribution >= 4 is 6.08 Å². The average molecular weight is 205 g/mol. The molecule has 3 nitrogen and oxygen atoms in total. The number of aliphatic hydroxyl groups excluding tert-OH is 1. The summed E-state index contributed by atoms with van der Waals surface area (Å²) in [7, 11) is 0. The third-order valence-corrected chi connectivity index (χ3v) is 2.25. The van der Waals surface area contributed by atoms with Crippen molar-refractivity contribution in [2.45, 2.75) is 25.4 Å². The van der Waals surface area contributed by atoms with E-state index >= 15 is 0 Å². The summed E-state index contributed by atoms with van der Waals surface area (Å²) in [5.74, 6) is 0. The Labute approximate surface area is 89.5 Å². The Hall–Kier alpha value is -1.44. The quantitative estimate of drug-likeness (QED) is 0.440. The maximum atomic E-state index is 9.78. The molecule has 0 saturated carbocycles. The van der Waals surface area contributed by atoms with Crippen molar-refractivity contribution in [1.82, 2.24) is 0 Å². The van der Waals surface area contributed by atoms with E-state index in [2.05, 4.69) is 4.99 Å². The molecule has 1 N–H and O–H groups in total. The van der Waals surface area contributed by atoms with Gasteiger partial charge in [0.2, 0.25) is 6.08 Å². The molecular weight excluding hydrogens is 190 g/mol. The van der Waals surface area contributed by atoms with E-state index in [0.29, 0.717) is 13.0 Å². The molecule has 0 radical (unpaired) electrons. The Bertz CT molecular complexity index is 318. The predicted molar refractivity (Wildman–Crippen MR) is 58.2 cm³/mol. The number of benzene rings is 1. The summed E-state index contributed by atoms with van der Waals surface area (Å²) < 4.78 is 0. The van der Waals surface area contributed by atoms with Crippen molar-refractivity contribution in [3.05, 3.63) is 35.9 Å². The van der Waals surface area contributed by atoms with Crippen LogP contribution in [0.5, 0.6) is 0 Å². The maximum Gasteiger partial charge on any atom is 0.234 e. The van der Waals surface area contributed by atoms with Gasteiger partial charge in [0.25, 0.3) is 0 Å². The molecule has 1 unspecified atom stereocenters. The van der Waals surface area contributed by atoms with Crippen molar-refractivity contribution < 1.29 is 9.90 Å². The second kappa shape index (κ2) is 6.93. The van der Waals surface area contributed by atoms with E-state index in [1.807, 2.05) is 30.3 Å². The van der Waals surface area contributed by atoms with Crippen molar-refractivity contribution in [2.75, 3.05) is 6.54 Å². The molecule has 3 heteroatoms. The second-order valence-corrected chi connectivity index (χ2v) is 3.40. The molecule has 0 aliphatic carbocycles. The molecule has 0 heterocycles. The van der Waals surface area contributed by atoms with Crippen LogP contribution in [0.4, 0.5) is 0 Å². The minimum absolute atomic E-state index is 0.411. The van der Waals surface area contributed by atoms with Crippen LogP contribution in [0.2, 0.25) is 0 Å². The minimum atomic E-state index is -0.411. The summed E-state index contributed by atoms with van der Waals surface area (Å²) in [6.45, 7) is 0.505. The molecule has 15 heavy (non-hydrogen) atoms. The zero-order chi connectivity index (χ0) is 10.9. The van der Waals surface area contributed by atoms with Crippen LogP contribution < -0.4 is 0 Å². The van der Waals surface area contributed by atoms with Crippen LogP contribution in [-0.4, -0.2) is 17.7 Å². The molecule has 1 aromatic carbocycles. The van der Waals surface area contributed by atoms with Crippen LogP contribution in [0.15, 0.2) is 35.3 Å². The number of hydrogen-bond acceptors (Lipinski definition) is 3. The number of nitrogens with zero attached hydrogens (tertiary/aromatic N) is 1. The molecule has 80 valence electrons. The maximum absolute atomic E-state index is 9.78. The first-order chi connectivity index (χ1) is 7.34. The van der Waals surface area contributed by atoms with Crippen LogP contribution in [0.3, 0.4) is 0 Å². The molecule has 0 saturated heterocycles. The monoisotopic (exact) mass is 205 g/mol. The van der Waals surface area contributed by atoms with Crippen LogP contribution in [-0.2, 0) is 4.79 Å². The number of carbonyl (C=O) groups excluding carboxylic acids is 1. The number of aliphatic imine (C=N–C) groups is 1. The molecule has 0 amide bonds. The van der Waals surface area contributed by atoms with Crippen molar-refractivity contribution in [1.29, 1.82) is 0 Å². The highest BCUT2D eigenvalue weighted by molar-refractivity contribution is 5.32. The lowest BCUT2D eigenvalue weighted by atomic mass is 10.0. The van der Waals surface area contributed by atoms with E-state index in [1.165, 1.54) is 6.08 Å². The first-order valence-corrected chi connectivity index (χ1v) is 5.11. The van der Waals surface area contributed by atoms with Crippen molar-refractivity contribution in [3.63, 3.8) is 0 Å². The van der Waals surface area contributed by atoms with E-state index in [9.17, 15) is 9.90 Å². The molecule has 0 spiro atoms. The number of isocyanates is 1. The summed E-state index contributed by atoms with van der Waals surface area (Å²) in [5, 5.41) is 9.77. The summed E-state index contributed by atoms with van der Waals surface area (Å²) in [6.07, 6.45) is 3.48. The smallest absolute Gasteiger partial charge is 0.234 e. The van der Waals surface area contributed by atoms with Gasteiger partial charge < -0.3 is 5.11 Å². The van der Waals surface area contributed by atoms with Gasteiger partial charge in [0.15, 0.2) is 0 Å². The van der Waals surface area contributed by atoms with Crippen LogP contribution in [0.25, 0.3) is 0 Å². The number of unbranched alkanes of at least 4 members (excludes halogenated alkanes) is 1. The van der Waals surface area contributed by atoms with Crippen LogP contribution >= 0.6 is 0 Å². The van der Waals surface area contributed by atoms with Gasteiger partial charge in [0, 0.05) is 0 Å². The number of hydrogen-bond donors (Lipinski definition) is 1. The topological polar surface area (TPSA) is 49.7 Å². The van der Waals surface area contributed by atoms with Gasteiger partial charge in [0.05, 0.1) is 12.6 Å². The third kappa shape index (κ3) is 4.54. The van der Waals surface area contributed by atoms with E-state index in [4.69, 9.17) is 0 Å². The Morgan fingerprint density at radius 1 is 1.27 bits per heavy atom. The molecule has 0 bridgehead atoms. The first kappa shape index (κ1) is 11.6.